The van der Waals surface area contributed by atoms with Crippen molar-refractivity contribution in [2.24, 2.45) is 0 Å². The van der Waals surface area contributed by atoms with Gasteiger partial charge in [0, 0.05) is 32.4 Å². The number of nitrogens with zero attached hydrogens (tertiary/aromatic N) is 3. The van der Waals surface area contributed by atoms with Gasteiger partial charge < -0.3 is 4.90 Å². The van der Waals surface area contributed by atoms with E-state index in [0.717, 1.165) is 0 Å². The van der Waals surface area contributed by atoms with Crippen LogP contribution in [-0.2, 0) is 14.8 Å². The van der Waals surface area contributed by atoms with E-state index in [1.54, 1.807) is 0 Å². The van der Waals surface area contributed by atoms with E-state index in [-0.39, 0.29) is 28.2 Å². The quantitative estimate of drug-likeness (QED) is 0.610. The zero-order valence-electron chi connectivity index (χ0n) is 9.79. The summed E-state index contributed by atoms with van der Waals surface area (Å²) < 4.78 is 25.9. The zero-order chi connectivity index (χ0) is 14.0. The van der Waals surface area contributed by atoms with Crippen molar-refractivity contribution in [2.45, 2.75) is 4.90 Å². The molecule has 1 aromatic rings. The Balaban J connectivity index is 2.23. The predicted molar refractivity (Wildman–Crippen MR) is 70.7 cm³/mol. The second-order valence-electron chi connectivity index (χ2n) is 3.99. The summed E-state index contributed by atoms with van der Waals surface area (Å²) in [6.07, 6.45) is 1.89. The van der Waals surface area contributed by atoms with E-state index in [2.05, 4.69) is 4.98 Å². The lowest BCUT2D eigenvalue weighted by Gasteiger charge is -2.31. The maximum absolute atomic E-state index is 12.3. The molecule has 0 radical (unpaired) electrons. The van der Waals surface area contributed by atoms with Gasteiger partial charge in [0.1, 0.15) is 10.0 Å². The number of aromatic nitrogens is 1. The number of carbonyl (C=O) groups excluding carboxylic acids is 1. The first-order chi connectivity index (χ1) is 8.95. The highest BCUT2D eigenvalue weighted by atomic mass is 35.5. The number of hydrogen-bond acceptors (Lipinski definition) is 4. The standard InChI is InChI=1S/C10H11Cl2N3O3S/c11-9-5-8(6-13-10(9)12)19(17,18)15-3-1-14(7-16)2-4-15/h5-7H,1-4H2. The summed E-state index contributed by atoms with van der Waals surface area (Å²) in [6.45, 7) is 1.25. The molecule has 19 heavy (non-hydrogen) atoms. The first kappa shape index (κ1) is 14.5. The summed E-state index contributed by atoms with van der Waals surface area (Å²) >= 11 is 11.4. The maximum Gasteiger partial charge on any atom is 0.244 e. The van der Waals surface area contributed by atoms with Gasteiger partial charge in [0.05, 0.1) is 5.02 Å². The smallest absolute Gasteiger partial charge is 0.244 e. The molecule has 0 aromatic carbocycles. The minimum atomic E-state index is -3.65. The molecular weight excluding hydrogens is 313 g/mol. The van der Waals surface area contributed by atoms with Crippen LogP contribution in [0.4, 0.5) is 0 Å². The number of carbonyl (C=O) groups is 1. The topological polar surface area (TPSA) is 70.6 Å². The average molecular weight is 324 g/mol. The van der Waals surface area contributed by atoms with Crippen molar-refractivity contribution < 1.29 is 13.2 Å². The molecule has 9 heteroatoms. The van der Waals surface area contributed by atoms with Gasteiger partial charge in [0.2, 0.25) is 16.4 Å². The first-order valence-corrected chi connectivity index (χ1v) is 7.65. The summed E-state index contributed by atoms with van der Waals surface area (Å²) in [5.74, 6) is 0. The van der Waals surface area contributed by atoms with Gasteiger partial charge >= 0.3 is 0 Å². The molecular formula is C10H11Cl2N3O3S. The van der Waals surface area contributed by atoms with Crippen molar-refractivity contribution in [3.63, 3.8) is 0 Å². The molecule has 0 N–H and O–H groups in total. The van der Waals surface area contributed by atoms with Crippen molar-refractivity contribution in [1.82, 2.24) is 14.2 Å². The van der Waals surface area contributed by atoms with Gasteiger partial charge in [0.15, 0.2) is 0 Å². The minimum Gasteiger partial charge on any atom is -0.343 e. The number of rotatable bonds is 3. The van der Waals surface area contributed by atoms with E-state index in [9.17, 15) is 13.2 Å². The van der Waals surface area contributed by atoms with E-state index in [1.807, 2.05) is 0 Å². The van der Waals surface area contributed by atoms with Crippen molar-refractivity contribution in [1.29, 1.82) is 0 Å². The van der Waals surface area contributed by atoms with Crippen molar-refractivity contribution >= 4 is 39.6 Å². The molecule has 0 atom stereocenters. The molecule has 0 aliphatic carbocycles. The molecule has 1 aromatic heterocycles. The highest BCUT2D eigenvalue weighted by Gasteiger charge is 2.28. The Morgan fingerprint density at radius 3 is 2.37 bits per heavy atom. The van der Waals surface area contributed by atoms with Crippen LogP contribution in [0.25, 0.3) is 0 Å². The Morgan fingerprint density at radius 1 is 1.21 bits per heavy atom. The van der Waals surface area contributed by atoms with E-state index in [4.69, 9.17) is 23.2 Å². The number of amides is 1. The zero-order valence-corrected chi connectivity index (χ0v) is 12.1. The lowest BCUT2D eigenvalue weighted by molar-refractivity contribution is -0.119. The third-order valence-electron chi connectivity index (χ3n) is 2.83. The first-order valence-electron chi connectivity index (χ1n) is 5.45. The maximum atomic E-state index is 12.3. The lowest BCUT2D eigenvalue weighted by Crippen LogP contribution is -2.47. The van der Waals surface area contributed by atoms with Crippen LogP contribution in [0.1, 0.15) is 0 Å². The molecule has 1 fully saturated rings. The number of piperazine rings is 1. The SMILES string of the molecule is O=CN1CCN(S(=O)(=O)c2cnc(Cl)c(Cl)c2)CC1. The second kappa shape index (κ2) is 5.62. The van der Waals surface area contributed by atoms with Gasteiger partial charge in [0.25, 0.3) is 0 Å². The molecule has 0 bridgehead atoms. The van der Waals surface area contributed by atoms with Crippen molar-refractivity contribution in [3.05, 3.63) is 22.4 Å². The Hall–Kier alpha value is -0.890. The Bertz CT molecular complexity index is 586. The summed E-state index contributed by atoms with van der Waals surface area (Å²) in [6, 6.07) is 1.28. The lowest BCUT2D eigenvalue weighted by atomic mass is 10.4. The van der Waals surface area contributed by atoms with E-state index in [1.165, 1.54) is 21.5 Å². The second-order valence-corrected chi connectivity index (χ2v) is 6.69. The van der Waals surface area contributed by atoms with Gasteiger partial charge in [-0.05, 0) is 6.07 Å². The summed E-state index contributed by atoms with van der Waals surface area (Å²) in [7, 11) is -3.65. The molecule has 0 saturated carbocycles. The number of sulfonamides is 1. The van der Waals surface area contributed by atoms with Gasteiger partial charge in [-0.3, -0.25) is 4.79 Å². The number of hydrogen-bond donors (Lipinski definition) is 0. The minimum absolute atomic E-state index is 0.00135. The van der Waals surface area contributed by atoms with Crippen molar-refractivity contribution in [3.8, 4) is 0 Å². The van der Waals surface area contributed by atoms with Gasteiger partial charge in [-0.15, -0.1) is 0 Å². The summed E-state index contributed by atoms with van der Waals surface area (Å²) in [5.41, 5.74) is 0. The molecule has 6 nitrogen and oxygen atoms in total. The van der Waals surface area contributed by atoms with Crippen LogP contribution in [0.3, 0.4) is 0 Å². The van der Waals surface area contributed by atoms with Gasteiger partial charge in [-0.25, -0.2) is 13.4 Å². The highest BCUT2D eigenvalue weighted by Crippen LogP contribution is 2.24. The van der Waals surface area contributed by atoms with Crippen LogP contribution in [0.2, 0.25) is 10.2 Å². The van der Waals surface area contributed by atoms with E-state index in [0.29, 0.717) is 19.5 Å². The summed E-state index contributed by atoms with van der Waals surface area (Å²) in [5, 5.41) is 0.153. The Kier molecular flexibility index (Phi) is 4.29. The van der Waals surface area contributed by atoms with Crippen molar-refractivity contribution in [2.75, 3.05) is 26.2 Å². The largest absolute Gasteiger partial charge is 0.343 e. The highest BCUT2D eigenvalue weighted by molar-refractivity contribution is 7.89. The van der Waals surface area contributed by atoms with Crippen LogP contribution in [0.15, 0.2) is 17.2 Å². The molecule has 1 amide bonds. The summed E-state index contributed by atoms with van der Waals surface area (Å²) in [4.78, 5) is 15.8. The van der Waals surface area contributed by atoms with Gasteiger partial charge in [-0.1, -0.05) is 23.2 Å². The molecule has 2 heterocycles. The van der Waals surface area contributed by atoms with Crippen LogP contribution in [0, 0.1) is 0 Å². The predicted octanol–water partition coefficient (Wildman–Crippen LogP) is 0.851. The molecule has 0 spiro atoms. The third kappa shape index (κ3) is 3.00. The van der Waals surface area contributed by atoms with E-state index < -0.39 is 10.0 Å². The molecule has 1 saturated heterocycles. The molecule has 1 aliphatic rings. The van der Waals surface area contributed by atoms with Crippen LogP contribution in [-0.4, -0.2) is 55.2 Å². The number of halogens is 2. The monoisotopic (exact) mass is 323 g/mol. The van der Waals surface area contributed by atoms with E-state index >= 15 is 0 Å². The van der Waals surface area contributed by atoms with Crippen LogP contribution in [0.5, 0.6) is 0 Å². The third-order valence-corrected chi connectivity index (χ3v) is 5.38. The van der Waals surface area contributed by atoms with Crippen LogP contribution >= 0.6 is 23.2 Å². The Morgan fingerprint density at radius 2 is 1.84 bits per heavy atom. The van der Waals surface area contributed by atoms with Gasteiger partial charge in [-0.2, -0.15) is 4.31 Å². The average Bonchev–Trinajstić information content (AvgIpc) is 2.41. The molecule has 0 unspecified atom stereocenters. The fourth-order valence-corrected chi connectivity index (χ4v) is 3.47. The Labute approximate surface area is 121 Å². The normalized spacial score (nSPS) is 17.5. The molecule has 1 aliphatic heterocycles. The van der Waals surface area contributed by atoms with Crippen LogP contribution < -0.4 is 0 Å². The number of pyridine rings is 1. The fraction of sp³-hybridized carbons (Fsp3) is 0.400. The molecule has 2 rings (SSSR count). The fourth-order valence-electron chi connectivity index (χ4n) is 1.74. The molecule has 104 valence electrons.